The van der Waals surface area contributed by atoms with Crippen LogP contribution in [0.2, 0.25) is 0 Å². The molecular weight excluding hydrogens is 250 g/mol. The van der Waals surface area contributed by atoms with Crippen molar-refractivity contribution in [2.24, 2.45) is 0 Å². The summed E-state index contributed by atoms with van der Waals surface area (Å²) in [6.07, 6.45) is 3.64. The molecule has 0 aliphatic carbocycles. The van der Waals surface area contributed by atoms with E-state index < -0.39 is 0 Å². The lowest BCUT2D eigenvalue weighted by atomic mass is 10.1. The zero-order chi connectivity index (χ0) is 14.4. The fourth-order valence-electron chi connectivity index (χ4n) is 2.11. The van der Waals surface area contributed by atoms with Gasteiger partial charge in [0.1, 0.15) is 11.8 Å². The highest BCUT2D eigenvalue weighted by atomic mass is 16.5. The minimum absolute atomic E-state index is 0.569. The van der Waals surface area contributed by atoms with Gasteiger partial charge in [0.15, 0.2) is 0 Å². The molecule has 0 bridgehead atoms. The Balaban J connectivity index is 2.05. The Morgan fingerprint density at radius 3 is 2.70 bits per heavy atom. The molecule has 0 fully saturated rings. The first kappa shape index (κ1) is 14.0. The Bertz CT molecular complexity index is 605. The standard InChI is InChI=1S/C16H17N3O/c1-19(12-14-4-3-7-18-10-14)11-13-5-6-16(20-2)15(8-13)9-17/h3-8,10H,11-12H2,1-2H3. The van der Waals surface area contributed by atoms with Gasteiger partial charge in [0.2, 0.25) is 0 Å². The Morgan fingerprint density at radius 1 is 1.25 bits per heavy atom. The quantitative estimate of drug-likeness (QED) is 0.835. The number of hydrogen-bond acceptors (Lipinski definition) is 4. The van der Waals surface area contributed by atoms with E-state index in [1.807, 2.05) is 37.5 Å². The first-order valence-electron chi connectivity index (χ1n) is 6.37. The maximum absolute atomic E-state index is 9.09. The molecule has 1 aromatic carbocycles. The molecule has 1 heterocycles. The minimum atomic E-state index is 0.569. The van der Waals surface area contributed by atoms with E-state index in [9.17, 15) is 0 Å². The second-order valence-electron chi connectivity index (χ2n) is 4.68. The molecule has 0 aliphatic heterocycles. The summed E-state index contributed by atoms with van der Waals surface area (Å²) in [5.41, 5.74) is 2.83. The molecular formula is C16H17N3O. The monoisotopic (exact) mass is 267 g/mol. The summed E-state index contributed by atoms with van der Waals surface area (Å²) in [7, 11) is 3.62. The Labute approximate surface area is 119 Å². The number of benzene rings is 1. The topological polar surface area (TPSA) is 49.1 Å². The van der Waals surface area contributed by atoms with E-state index in [0.29, 0.717) is 11.3 Å². The zero-order valence-electron chi connectivity index (χ0n) is 11.7. The lowest BCUT2D eigenvalue weighted by Gasteiger charge is -2.17. The molecule has 0 aliphatic rings. The smallest absolute Gasteiger partial charge is 0.136 e. The van der Waals surface area contributed by atoms with E-state index in [1.54, 1.807) is 13.3 Å². The molecule has 0 spiro atoms. The van der Waals surface area contributed by atoms with Crippen molar-refractivity contribution in [2.45, 2.75) is 13.1 Å². The average Bonchev–Trinajstić information content (AvgIpc) is 2.48. The molecule has 20 heavy (non-hydrogen) atoms. The fraction of sp³-hybridized carbons (Fsp3) is 0.250. The Morgan fingerprint density at radius 2 is 2.05 bits per heavy atom. The fourth-order valence-corrected chi connectivity index (χ4v) is 2.11. The molecule has 1 aromatic heterocycles. The van der Waals surface area contributed by atoms with Crippen LogP contribution in [0.1, 0.15) is 16.7 Å². The SMILES string of the molecule is COc1ccc(CN(C)Cc2cccnc2)cc1C#N. The van der Waals surface area contributed by atoms with Crippen molar-refractivity contribution >= 4 is 0 Å². The van der Waals surface area contributed by atoms with Crippen molar-refractivity contribution in [3.8, 4) is 11.8 Å². The van der Waals surface area contributed by atoms with Gasteiger partial charge < -0.3 is 4.74 Å². The normalized spacial score (nSPS) is 10.3. The Hall–Kier alpha value is -2.38. The van der Waals surface area contributed by atoms with Crippen molar-refractivity contribution in [1.82, 2.24) is 9.88 Å². The van der Waals surface area contributed by atoms with Gasteiger partial charge in [-0.1, -0.05) is 12.1 Å². The first-order valence-corrected chi connectivity index (χ1v) is 6.37. The third kappa shape index (κ3) is 3.56. The molecule has 4 heteroatoms. The van der Waals surface area contributed by atoms with Crippen LogP contribution in [0.25, 0.3) is 0 Å². The molecule has 0 saturated heterocycles. The van der Waals surface area contributed by atoms with Crippen LogP contribution in [0.5, 0.6) is 5.75 Å². The summed E-state index contributed by atoms with van der Waals surface area (Å²) in [5.74, 6) is 0.617. The van der Waals surface area contributed by atoms with Crippen LogP contribution in [-0.2, 0) is 13.1 Å². The molecule has 2 rings (SSSR count). The maximum atomic E-state index is 9.09. The molecule has 102 valence electrons. The Kier molecular flexibility index (Phi) is 4.70. The predicted molar refractivity (Wildman–Crippen MR) is 77.1 cm³/mol. The summed E-state index contributed by atoms with van der Waals surface area (Å²) in [4.78, 5) is 6.29. The van der Waals surface area contributed by atoms with Crippen molar-refractivity contribution in [3.05, 3.63) is 59.4 Å². The number of aromatic nitrogens is 1. The number of pyridine rings is 1. The number of nitrogens with zero attached hydrogens (tertiary/aromatic N) is 3. The third-order valence-corrected chi connectivity index (χ3v) is 3.01. The molecule has 0 unspecified atom stereocenters. The molecule has 4 nitrogen and oxygen atoms in total. The highest BCUT2D eigenvalue weighted by molar-refractivity contribution is 5.45. The molecule has 0 N–H and O–H groups in total. The van der Waals surface area contributed by atoms with Gasteiger partial charge in [-0.25, -0.2) is 0 Å². The summed E-state index contributed by atoms with van der Waals surface area (Å²) in [6.45, 7) is 1.59. The van der Waals surface area contributed by atoms with Crippen molar-refractivity contribution in [1.29, 1.82) is 5.26 Å². The number of ether oxygens (including phenoxy) is 1. The number of methoxy groups -OCH3 is 1. The van der Waals surface area contributed by atoms with Gasteiger partial charge in [0.05, 0.1) is 12.7 Å². The summed E-state index contributed by atoms with van der Waals surface area (Å²) in [5, 5.41) is 9.09. The lowest BCUT2D eigenvalue weighted by Crippen LogP contribution is -2.17. The lowest BCUT2D eigenvalue weighted by molar-refractivity contribution is 0.318. The first-order chi connectivity index (χ1) is 9.72. The van der Waals surface area contributed by atoms with Crippen molar-refractivity contribution in [3.63, 3.8) is 0 Å². The van der Waals surface area contributed by atoms with Crippen LogP contribution >= 0.6 is 0 Å². The predicted octanol–water partition coefficient (Wildman–Crippen LogP) is 2.59. The van der Waals surface area contributed by atoms with Crippen molar-refractivity contribution < 1.29 is 4.74 Å². The second-order valence-corrected chi connectivity index (χ2v) is 4.68. The molecule has 2 aromatic rings. The van der Waals surface area contributed by atoms with Crippen LogP contribution in [0.4, 0.5) is 0 Å². The van der Waals surface area contributed by atoms with Crippen LogP contribution in [0.3, 0.4) is 0 Å². The summed E-state index contributed by atoms with van der Waals surface area (Å²) >= 11 is 0. The zero-order valence-corrected chi connectivity index (χ0v) is 11.7. The van der Waals surface area contributed by atoms with Gasteiger partial charge in [-0.05, 0) is 36.4 Å². The highest BCUT2D eigenvalue weighted by Crippen LogP contribution is 2.19. The number of rotatable bonds is 5. The van der Waals surface area contributed by atoms with Crippen LogP contribution < -0.4 is 4.74 Å². The molecule has 0 amide bonds. The summed E-state index contributed by atoms with van der Waals surface area (Å²) in [6, 6.07) is 11.8. The summed E-state index contributed by atoms with van der Waals surface area (Å²) < 4.78 is 5.15. The van der Waals surface area contributed by atoms with Crippen LogP contribution in [0, 0.1) is 11.3 Å². The highest BCUT2D eigenvalue weighted by Gasteiger charge is 2.06. The van der Waals surface area contributed by atoms with Gasteiger partial charge in [-0.2, -0.15) is 5.26 Å². The minimum Gasteiger partial charge on any atom is -0.495 e. The van der Waals surface area contributed by atoms with Gasteiger partial charge in [-0.3, -0.25) is 9.88 Å². The van der Waals surface area contributed by atoms with Gasteiger partial charge in [-0.15, -0.1) is 0 Å². The van der Waals surface area contributed by atoms with E-state index in [0.717, 1.165) is 18.7 Å². The van der Waals surface area contributed by atoms with Gasteiger partial charge in [0.25, 0.3) is 0 Å². The van der Waals surface area contributed by atoms with E-state index in [1.165, 1.54) is 5.56 Å². The van der Waals surface area contributed by atoms with Crippen LogP contribution in [-0.4, -0.2) is 24.0 Å². The van der Waals surface area contributed by atoms with E-state index in [-0.39, 0.29) is 0 Å². The molecule has 0 atom stereocenters. The average molecular weight is 267 g/mol. The van der Waals surface area contributed by atoms with Gasteiger partial charge >= 0.3 is 0 Å². The molecule has 0 saturated carbocycles. The number of hydrogen-bond donors (Lipinski definition) is 0. The van der Waals surface area contributed by atoms with E-state index >= 15 is 0 Å². The van der Waals surface area contributed by atoms with E-state index in [2.05, 4.69) is 22.0 Å². The molecule has 0 radical (unpaired) electrons. The largest absolute Gasteiger partial charge is 0.495 e. The van der Waals surface area contributed by atoms with Crippen molar-refractivity contribution in [2.75, 3.05) is 14.2 Å². The number of nitriles is 1. The maximum Gasteiger partial charge on any atom is 0.136 e. The van der Waals surface area contributed by atoms with Crippen LogP contribution in [0.15, 0.2) is 42.7 Å². The van der Waals surface area contributed by atoms with E-state index in [4.69, 9.17) is 10.00 Å². The third-order valence-electron chi connectivity index (χ3n) is 3.01. The second kappa shape index (κ2) is 6.69. The van der Waals surface area contributed by atoms with Gasteiger partial charge in [0, 0.05) is 25.5 Å².